The van der Waals surface area contributed by atoms with Crippen LogP contribution in [0, 0.1) is 0 Å². The Labute approximate surface area is 156 Å². The van der Waals surface area contributed by atoms with Gasteiger partial charge in [0, 0.05) is 6.61 Å². The van der Waals surface area contributed by atoms with Crippen LogP contribution in [0.5, 0.6) is 0 Å². The number of nitrogens with zero attached hydrogens (tertiary/aromatic N) is 2. The molecule has 0 aromatic heterocycles. The van der Waals surface area contributed by atoms with Gasteiger partial charge in [-0.3, -0.25) is 9.59 Å². The zero-order valence-electron chi connectivity index (χ0n) is 14.7. The average molecular weight is 377 g/mol. The van der Waals surface area contributed by atoms with E-state index >= 15 is 0 Å². The molecule has 8 heteroatoms. The summed E-state index contributed by atoms with van der Waals surface area (Å²) >= 11 is 1.08. The van der Waals surface area contributed by atoms with Gasteiger partial charge in [0.15, 0.2) is 5.17 Å². The summed E-state index contributed by atoms with van der Waals surface area (Å²) in [5, 5.41) is 18.9. The molecule has 0 spiro atoms. The van der Waals surface area contributed by atoms with Gasteiger partial charge in [0.05, 0.1) is 19.2 Å². The van der Waals surface area contributed by atoms with Gasteiger partial charge in [-0.2, -0.15) is 5.10 Å². The zero-order valence-corrected chi connectivity index (χ0v) is 15.5. The zero-order chi connectivity index (χ0) is 18.8. The summed E-state index contributed by atoms with van der Waals surface area (Å²) in [6.45, 7) is 3.48. The molecule has 1 amide bonds. The Morgan fingerprint density at radius 2 is 2.27 bits per heavy atom. The number of aliphatic carboxylic acids is 1. The van der Waals surface area contributed by atoms with Crippen LogP contribution in [0.15, 0.2) is 34.5 Å². The largest absolute Gasteiger partial charge is 0.481 e. The fourth-order valence-corrected chi connectivity index (χ4v) is 3.22. The normalized spacial score (nSPS) is 18.6. The highest BCUT2D eigenvalue weighted by Gasteiger charge is 2.32. The number of ether oxygens (including phenoxy) is 1. The second kappa shape index (κ2) is 10.7. The van der Waals surface area contributed by atoms with Crippen molar-refractivity contribution in [3.63, 3.8) is 0 Å². The molecule has 1 saturated heterocycles. The van der Waals surface area contributed by atoms with Crippen molar-refractivity contribution in [1.29, 1.82) is 0 Å². The predicted octanol–water partition coefficient (Wildman–Crippen LogP) is 2.79. The summed E-state index contributed by atoms with van der Waals surface area (Å²) in [7, 11) is 0. The number of hydrogen-bond donors (Lipinski definition) is 2. The highest BCUT2D eigenvalue weighted by molar-refractivity contribution is 8.15. The number of amidine groups is 1. The molecular weight excluding hydrogens is 354 g/mol. The van der Waals surface area contributed by atoms with Gasteiger partial charge in [-0.1, -0.05) is 49.7 Å². The fraction of sp³-hybridized carbons (Fsp3) is 0.444. The first-order valence-corrected chi connectivity index (χ1v) is 9.43. The average Bonchev–Trinajstić information content (AvgIpc) is 2.94. The van der Waals surface area contributed by atoms with Crippen molar-refractivity contribution in [2.75, 3.05) is 6.61 Å². The summed E-state index contributed by atoms with van der Waals surface area (Å²) in [5.41, 5.74) is 1.93. The van der Waals surface area contributed by atoms with Crippen molar-refractivity contribution >= 4 is 35.0 Å². The van der Waals surface area contributed by atoms with Crippen molar-refractivity contribution in [2.45, 2.75) is 44.5 Å². The Morgan fingerprint density at radius 3 is 3.04 bits per heavy atom. The lowest BCUT2D eigenvalue weighted by Gasteiger charge is -2.04. The van der Waals surface area contributed by atoms with Crippen molar-refractivity contribution in [3.8, 4) is 0 Å². The molecule has 1 unspecified atom stereocenters. The quantitative estimate of drug-likeness (QED) is 0.371. The summed E-state index contributed by atoms with van der Waals surface area (Å²) < 4.78 is 5.65. The summed E-state index contributed by atoms with van der Waals surface area (Å²) in [4.78, 5) is 22.3. The Hall–Kier alpha value is -2.19. The molecule has 1 atom stereocenters. The number of carbonyl (C=O) groups is 2. The third-order valence-electron chi connectivity index (χ3n) is 3.60. The topological polar surface area (TPSA) is 100 Å². The first-order chi connectivity index (χ1) is 12.6. The van der Waals surface area contributed by atoms with Crippen LogP contribution in [-0.2, 0) is 20.9 Å². The number of benzene rings is 1. The van der Waals surface area contributed by atoms with E-state index < -0.39 is 11.2 Å². The molecule has 140 valence electrons. The number of carbonyl (C=O) groups excluding carboxylic acids is 1. The molecule has 1 aliphatic heterocycles. The minimum atomic E-state index is -1.02. The SMILES string of the molecule is CCCCCOCc1cccc(C=NN=C2NC(=O)C(CC(=O)O)S2)c1. The molecule has 1 heterocycles. The predicted molar refractivity (Wildman–Crippen MR) is 102 cm³/mol. The molecule has 2 N–H and O–H groups in total. The van der Waals surface area contributed by atoms with Gasteiger partial charge in [-0.05, 0) is 23.6 Å². The summed E-state index contributed by atoms with van der Waals surface area (Å²) in [6, 6.07) is 7.79. The molecule has 0 saturated carbocycles. The van der Waals surface area contributed by atoms with Crippen molar-refractivity contribution in [2.24, 2.45) is 10.2 Å². The summed E-state index contributed by atoms with van der Waals surface area (Å²) in [5.74, 6) is -1.37. The van der Waals surface area contributed by atoms with Crippen LogP contribution in [0.1, 0.15) is 43.7 Å². The lowest BCUT2D eigenvalue weighted by molar-refractivity contribution is -0.138. The maximum absolute atomic E-state index is 11.6. The van der Waals surface area contributed by atoms with Crippen molar-refractivity contribution < 1.29 is 19.4 Å². The molecule has 7 nitrogen and oxygen atoms in total. The Balaban J connectivity index is 1.85. The van der Waals surface area contributed by atoms with E-state index in [-0.39, 0.29) is 12.3 Å². The molecule has 1 aromatic rings. The van der Waals surface area contributed by atoms with E-state index in [2.05, 4.69) is 22.4 Å². The van der Waals surface area contributed by atoms with Crippen molar-refractivity contribution in [1.82, 2.24) is 5.32 Å². The molecule has 1 aromatic carbocycles. The third kappa shape index (κ3) is 6.97. The second-order valence-corrected chi connectivity index (χ2v) is 7.04. The van der Waals surface area contributed by atoms with Crippen LogP contribution in [0.25, 0.3) is 0 Å². The van der Waals surface area contributed by atoms with Gasteiger partial charge in [0.2, 0.25) is 5.91 Å². The lowest BCUT2D eigenvalue weighted by Crippen LogP contribution is -2.26. The van der Waals surface area contributed by atoms with Crippen LogP contribution < -0.4 is 5.32 Å². The maximum atomic E-state index is 11.6. The van der Waals surface area contributed by atoms with Gasteiger partial charge < -0.3 is 15.2 Å². The van der Waals surface area contributed by atoms with Crippen LogP contribution in [0.4, 0.5) is 0 Å². The van der Waals surface area contributed by atoms with Crippen LogP contribution in [0.3, 0.4) is 0 Å². The maximum Gasteiger partial charge on any atom is 0.305 e. The van der Waals surface area contributed by atoms with Crippen LogP contribution >= 0.6 is 11.8 Å². The van der Waals surface area contributed by atoms with E-state index in [0.29, 0.717) is 11.8 Å². The Kier molecular flexibility index (Phi) is 8.30. The Morgan fingerprint density at radius 1 is 1.42 bits per heavy atom. The molecule has 2 rings (SSSR count). The number of carboxylic acids is 1. The number of hydrogen-bond acceptors (Lipinski definition) is 6. The lowest BCUT2D eigenvalue weighted by atomic mass is 10.1. The van der Waals surface area contributed by atoms with Gasteiger partial charge in [-0.15, -0.1) is 5.10 Å². The summed E-state index contributed by atoms with van der Waals surface area (Å²) in [6.07, 6.45) is 4.77. The van der Waals surface area contributed by atoms with Gasteiger partial charge in [0.1, 0.15) is 5.25 Å². The first-order valence-electron chi connectivity index (χ1n) is 8.55. The molecule has 0 aliphatic carbocycles. The van der Waals surface area contributed by atoms with Gasteiger partial charge in [-0.25, -0.2) is 0 Å². The van der Waals surface area contributed by atoms with Crippen molar-refractivity contribution in [3.05, 3.63) is 35.4 Å². The minimum absolute atomic E-state index is 0.237. The van der Waals surface area contributed by atoms with Gasteiger partial charge in [0.25, 0.3) is 0 Å². The molecule has 0 radical (unpaired) electrons. The fourth-order valence-electron chi connectivity index (χ4n) is 2.30. The molecular formula is C18H23N3O4S. The third-order valence-corrected chi connectivity index (χ3v) is 4.68. The first kappa shape index (κ1) is 20.1. The minimum Gasteiger partial charge on any atom is -0.481 e. The van der Waals surface area contributed by atoms with Crippen LogP contribution in [0.2, 0.25) is 0 Å². The number of nitrogens with one attached hydrogen (secondary N) is 1. The highest BCUT2D eigenvalue weighted by atomic mass is 32.2. The highest BCUT2D eigenvalue weighted by Crippen LogP contribution is 2.22. The van der Waals surface area contributed by atoms with E-state index in [1.807, 2.05) is 24.3 Å². The number of thioether (sulfide) groups is 1. The number of rotatable bonds is 10. The molecule has 1 aliphatic rings. The molecule has 1 fully saturated rings. The standard InChI is InChI=1S/C18H23N3O4S/c1-2-3-4-8-25-12-14-7-5-6-13(9-14)11-19-21-18-20-17(24)15(26-18)10-16(22)23/h5-7,9,11,15H,2-4,8,10,12H2,1H3,(H,22,23)(H,20,21,24). The van der Waals surface area contributed by atoms with Crippen LogP contribution in [-0.4, -0.2) is 40.2 Å². The number of unbranched alkanes of at least 4 members (excludes halogenated alkanes) is 2. The smallest absolute Gasteiger partial charge is 0.305 e. The number of carboxylic acid groups (broad SMARTS) is 1. The number of amides is 1. The van der Waals surface area contributed by atoms with E-state index in [1.165, 1.54) is 12.8 Å². The second-order valence-electron chi connectivity index (χ2n) is 5.85. The van der Waals surface area contributed by atoms with Gasteiger partial charge >= 0.3 is 5.97 Å². The van der Waals surface area contributed by atoms with E-state index in [1.54, 1.807) is 6.21 Å². The van der Waals surface area contributed by atoms with E-state index in [4.69, 9.17) is 9.84 Å². The molecule has 26 heavy (non-hydrogen) atoms. The Bertz CT molecular complexity index is 691. The van der Waals surface area contributed by atoms with E-state index in [9.17, 15) is 9.59 Å². The molecule has 0 bridgehead atoms. The monoisotopic (exact) mass is 377 g/mol. The van der Waals surface area contributed by atoms with E-state index in [0.717, 1.165) is 35.9 Å².